The van der Waals surface area contributed by atoms with Crippen molar-refractivity contribution in [3.05, 3.63) is 69.7 Å². The van der Waals surface area contributed by atoms with Crippen LogP contribution in [0.3, 0.4) is 0 Å². The molecule has 3 nitrogen and oxygen atoms in total. The molecule has 4 heteroatoms. The van der Waals surface area contributed by atoms with Crippen molar-refractivity contribution in [3.63, 3.8) is 0 Å². The van der Waals surface area contributed by atoms with Gasteiger partial charge in [0, 0.05) is 10.0 Å². The second kappa shape index (κ2) is 7.93. The van der Waals surface area contributed by atoms with Crippen LogP contribution in [0.1, 0.15) is 54.2 Å². The first kappa shape index (κ1) is 19.1. The summed E-state index contributed by atoms with van der Waals surface area (Å²) in [5.41, 5.74) is 2.67. The number of likely N-dealkylation sites (tertiary alicyclic amines) is 1. The molecular formula is C22H27BrN2O. The molecule has 2 aromatic carbocycles. The van der Waals surface area contributed by atoms with Crippen LogP contribution in [0.2, 0.25) is 0 Å². The SMILES string of the molecule is Cc1cccc(Br)c1C(=O)NC(c1ccccc1)C(C)(C)N1CCCC1. The molecule has 0 aliphatic carbocycles. The molecule has 1 aliphatic heterocycles. The second-order valence-electron chi connectivity index (χ2n) is 7.60. The molecular weight excluding hydrogens is 388 g/mol. The smallest absolute Gasteiger partial charge is 0.253 e. The number of rotatable bonds is 5. The van der Waals surface area contributed by atoms with Crippen molar-refractivity contribution in [1.29, 1.82) is 0 Å². The monoisotopic (exact) mass is 414 g/mol. The van der Waals surface area contributed by atoms with E-state index < -0.39 is 0 Å². The van der Waals surface area contributed by atoms with E-state index in [0.717, 1.165) is 28.7 Å². The Morgan fingerprint density at radius 3 is 2.35 bits per heavy atom. The van der Waals surface area contributed by atoms with Gasteiger partial charge in [-0.3, -0.25) is 9.69 Å². The van der Waals surface area contributed by atoms with Gasteiger partial charge < -0.3 is 5.32 Å². The molecule has 0 bridgehead atoms. The van der Waals surface area contributed by atoms with Crippen molar-refractivity contribution in [2.24, 2.45) is 0 Å². The van der Waals surface area contributed by atoms with E-state index in [1.165, 1.54) is 12.8 Å². The van der Waals surface area contributed by atoms with Crippen LogP contribution in [0.4, 0.5) is 0 Å². The number of halogens is 1. The molecule has 0 spiro atoms. The zero-order valence-electron chi connectivity index (χ0n) is 15.8. The number of nitrogens with one attached hydrogen (secondary N) is 1. The maximum atomic E-state index is 13.2. The molecule has 138 valence electrons. The number of benzene rings is 2. The molecule has 0 radical (unpaired) electrons. The fraction of sp³-hybridized carbons (Fsp3) is 0.409. The predicted octanol–water partition coefficient (Wildman–Crippen LogP) is 5.10. The Hall–Kier alpha value is -1.65. The lowest BCUT2D eigenvalue weighted by Gasteiger charge is -2.42. The molecule has 3 rings (SSSR count). The lowest BCUT2D eigenvalue weighted by Crippen LogP contribution is -2.52. The van der Waals surface area contributed by atoms with Gasteiger partial charge >= 0.3 is 0 Å². The molecule has 1 atom stereocenters. The molecule has 1 unspecified atom stereocenters. The Morgan fingerprint density at radius 2 is 1.73 bits per heavy atom. The van der Waals surface area contributed by atoms with Crippen molar-refractivity contribution in [3.8, 4) is 0 Å². The van der Waals surface area contributed by atoms with Gasteiger partial charge in [-0.25, -0.2) is 0 Å². The summed E-state index contributed by atoms with van der Waals surface area (Å²) in [6.07, 6.45) is 2.45. The summed E-state index contributed by atoms with van der Waals surface area (Å²) in [5.74, 6) is -0.0314. The zero-order chi connectivity index (χ0) is 18.7. The molecule has 1 heterocycles. The van der Waals surface area contributed by atoms with Gasteiger partial charge in [-0.2, -0.15) is 0 Å². The standard InChI is InChI=1S/C22H27BrN2O/c1-16-10-9-13-18(23)19(16)21(26)24-20(17-11-5-4-6-12-17)22(2,3)25-14-7-8-15-25/h4-6,9-13,20H,7-8,14-15H2,1-3H3,(H,24,26). The number of carbonyl (C=O) groups excluding carboxylic acids is 1. The quantitative estimate of drug-likeness (QED) is 0.737. The molecule has 0 saturated carbocycles. The van der Waals surface area contributed by atoms with Crippen molar-refractivity contribution in [1.82, 2.24) is 10.2 Å². The Labute approximate surface area is 164 Å². The maximum absolute atomic E-state index is 13.2. The van der Waals surface area contributed by atoms with Crippen LogP contribution in [0.25, 0.3) is 0 Å². The van der Waals surface area contributed by atoms with Crippen molar-refractivity contribution < 1.29 is 4.79 Å². The molecule has 26 heavy (non-hydrogen) atoms. The lowest BCUT2D eigenvalue weighted by atomic mass is 9.86. The van der Waals surface area contributed by atoms with Crippen LogP contribution in [0, 0.1) is 6.92 Å². The number of hydrogen-bond acceptors (Lipinski definition) is 2. The molecule has 1 aliphatic rings. The highest BCUT2D eigenvalue weighted by Crippen LogP contribution is 2.34. The topological polar surface area (TPSA) is 32.3 Å². The van der Waals surface area contributed by atoms with E-state index in [0.29, 0.717) is 5.56 Å². The maximum Gasteiger partial charge on any atom is 0.253 e. The number of amides is 1. The first-order valence-electron chi connectivity index (χ1n) is 9.27. The molecule has 0 aromatic heterocycles. The third kappa shape index (κ3) is 3.86. The number of carbonyl (C=O) groups is 1. The van der Waals surface area contributed by atoms with Gasteiger partial charge in [-0.1, -0.05) is 42.5 Å². The van der Waals surface area contributed by atoms with E-state index in [1.807, 2.05) is 43.3 Å². The van der Waals surface area contributed by atoms with Crippen LogP contribution in [0.5, 0.6) is 0 Å². The van der Waals surface area contributed by atoms with Crippen LogP contribution in [0.15, 0.2) is 53.0 Å². The van der Waals surface area contributed by atoms with Crippen LogP contribution < -0.4 is 5.32 Å². The van der Waals surface area contributed by atoms with Gasteiger partial charge in [-0.15, -0.1) is 0 Å². The lowest BCUT2D eigenvalue weighted by molar-refractivity contribution is 0.0777. The molecule has 1 amide bonds. The minimum Gasteiger partial charge on any atom is -0.343 e. The summed E-state index contributed by atoms with van der Waals surface area (Å²) in [6.45, 7) is 8.62. The average molecular weight is 415 g/mol. The largest absolute Gasteiger partial charge is 0.343 e. The zero-order valence-corrected chi connectivity index (χ0v) is 17.3. The summed E-state index contributed by atoms with van der Waals surface area (Å²) in [6, 6.07) is 16.1. The highest BCUT2D eigenvalue weighted by Gasteiger charge is 2.38. The van der Waals surface area contributed by atoms with Crippen LogP contribution in [-0.4, -0.2) is 29.4 Å². The first-order chi connectivity index (χ1) is 12.4. The normalized spacial score (nSPS) is 16.5. The second-order valence-corrected chi connectivity index (χ2v) is 8.45. The Bertz CT molecular complexity index is 747. The highest BCUT2D eigenvalue weighted by atomic mass is 79.9. The van der Waals surface area contributed by atoms with E-state index in [2.05, 4.69) is 52.1 Å². The predicted molar refractivity (Wildman–Crippen MR) is 110 cm³/mol. The van der Waals surface area contributed by atoms with Gasteiger partial charge in [-0.05, 0) is 79.8 Å². The Kier molecular flexibility index (Phi) is 5.83. The summed E-state index contributed by atoms with van der Waals surface area (Å²) < 4.78 is 0.834. The Balaban J connectivity index is 1.95. The first-order valence-corrected chi connectivity index (χ1v) is 10.1. The minimum atomic E-state index is -0.164. The average Bonchev–Trinajstić information content (AvgIpc) is 3.15. The van der Waals surface area contributed by atoms with Crippen molar-refractivity contribution in [2.45, 2.75) is 45.2 Å². The fourth-order valence-electron chi connectivity index (χ4n) is 3.91. The molecule has 1 saturated heterocycles. The third-order valence-corrected chi connectivity index (χ3v) is 6.15. The van der Waals surface area contributed by atoms with Gasteiger partial charge in [0.25, 0.3) is 5.91 Å². The summed E-state index contributed by atoms with van der Waals surface area (Å²) in [4.78, 5) is 15.7. The fourth-order valence-corrected chi connectivity index (χ4v) is 4.56. The van der Waals surface area contributed by atoms with Gasteiger partial charge in [0.15, 0.2) is 0 Å². The van der Waals surface area contributed by atoms with E-state index in [-0.39, 0.29) is 17.5 Å². The number of nitrogens with zero attached hydrogens (tertiary/aromatic N) is 1. The van der Waals surface area contributed by atoms with Crippen molar-refractivity contribution >= 4 is 21.8 Å². The van der Waals surface area contributed by atoms with Crippen molar-refractivity contribution in [2.75, 3.05) is 13.1 Å². The molecule has 1 fully saturated rings. The van der Waals surface area contributed by atoms with E-state index in [1.54, 1.807) is 0 Å². The highest BCUT2D eigenvalue weighted by molar-refractivity contribution is 9.10. The third-order valence-electron chi connectivity index (χ3n) is 5.48. The summed E-state index contributed by atoms with van der Waals surface area (Å²) in [5, 5.41) is 3.34. The summed E-state index contributed by atoms with van der Waals surface area (Å²) in [7, 11) is 0. The van der Waals surface area contributed by atoms with E-state index >= 15 is 0 Å². The van der Waals surface area contributed by atoms with E-state index in [4.69, 9.17) is 0 Å². The molecule has 1 N–H and O–H groups in total. The number of hydrogen-bond donors (Lipinski definition) is 1. The van der Waals surface area contributed by atoms with Gasteiger partial charge in [0.2, 0.25) is 0 Å². The van der Waals surface area contributed by atoms with E-state index in [9.17, 15) is 4.79 Å². The van der Waals surface area contributed by atoms with Gasteiger partial charge in [0.1, 0.15) is 0 Å². The molecule has 2 aromatic rings. The minimum absolute atomic E-state index is 0.0314. The van der Waals surface area contributed by atoms with Gasteiger partial charge in [0.05, 0.1) is 11.6 Å². The van der Waals surface area contributed by atoms with Crippen LogP contribution in [-0.2, 0) is 0 Å². The number of aryl methyl sites for hydroxylation is 1. The summed E-state index contributed by atoms with van der Waals surface area (Å²) >= 11 is 3.54. The van der Waals surface area contributed by atoms with Crippen LogP contribution >= 0.6 is 15.9 Å². The Morgan fingerprint density at radius 1 is 1.08 bits per heavy atom.